The van der Waals surface area contributed by atoms with E-state index in [1.54, 1.807) is 31.2 Å². The van der Waals surface area contributed by atoms with Gasteiger partial charge in [-0.3, -0.25) is 4.79 Å². The molecular weight excluding hydrogens is 180 g/mol. The topological polar surface area (TPSA) is 49.7 Å². The number of anilines is 1. The lowest BCUT2D eigenvalue weighted by Gasteiger charge is -2.12. The summed E-state index contributed by atoms with van der Waals surface area (Å²) in [5.41, 5.74) is 1.09. The lowest BCUT2D eigenvalue weighted by atomic mass is 10.1. The fraction of sp³-hybridized carbons (Fsp3) is 0.300. The molecule has 4 nitrogen and oxygen atoms in total. The average molecular weight is 192 g/mol. The van der Waals surface area contributed by atoms with Crippen LogP contribution in [0.2, 0.25) is 0 Å². The van der Waals surface area contributed by atoms with Gasteiger partial charge >= 0.3 is 0 Å². The molecule has 0 unspecified atom stereocenters. The second kappa shape index (κ2) is 4.50. The lowest BCUT2D eigenvalue weighted by Crippen LogP contribution is -2.12. The molecule has 0 radical (unpaired) electrons. The molecule has 0 heterocycles. The van der Waals surface area contributed by atoms with Crippen LogP contribution in [0.1, 0.15) is 23.7 Å². The average Bonchev–Trinajstić information content (AvgIpc) is 2.27. The molecule has 1 aromatic rings. The van der Waals surface area contributed by atoms with Gasteiger partial charge in [-0.25, -0.2) is 5.01 Å². The second-order valence-electron chi connectivity index (χ2n) is 2.90. The number of hydrogen-bond acceptors (Lipinski definition) is 3. The number of rotatable bonds is 4. The Bertz CT molecular complexity index is 350. The molecule has 1 rings (SSSR count). The van der Waals surface area contributed by atoms with Gasteiger partial charge in [-0.05, 0) is 12.1 Å². The number of Topliss-reactive ketones (excluding diaryl/α,β-unsaturated/α-hetero) is 1. The number of nitroso groups, excluding NO2 is 1. The fourth-order valence-corrected chi connectivity index (χ4v) is 1.23. The molecule has 4 heteroatoms. The first-order valence-electron chi connectivity index (χ1n) is 4.40. The minimum absolute atomic E-state index is 0.0103. The van der Waals surface area contributed by atoms with E-state index in [-0.39, 0.29) is 5.78 Å². The summed E-state index contributed by atoms with van der Waals surface area (Å²) in [6.07, 6.45) is 0.420. The van der Waals surface area contributed by atoms with E-state index in [1.165, 1.54) is 7.05 Å². The second-order valence-corrected chi connectivity index (χ2v) is 2.90. The summed E-state index contributed by atoms with van der Waals surface area (Å²) in [6.45, 7) is 1.79. The molecule has 0 fully saturated rings. The van der Waals surface area contributed by atoms with Gasteiger partial charge in [-0.1, -0.05) is 19.1 Å². The smallest absolute Gasteiger partial charge is 0.164 e. The molecule has 0 aliphatic carbocycles. The van der Waals surface area contributed by atoms with Gasteiger partial charge in [0.15, 0.2) is 5.78 Å². The number of nitrogens with zero attached hydrogens (tertiary/aromatic N) is 2. The Balaban J connectivity index is 3.15. The normalized spacial score (nSPS) is 9.57. The van der Waals surface area contributed by atoms with E-state index < -0.39 is 0 Å². The number of hydrogen-bond donors (Lipinski definition) is 0. The van der Waals surface area contributed by atoms with Crippen LogP contribution in [-0.4, -0.2) is 12.8 Å². The van der Waals surface area contributed by atoms with Gasteiger partial charge in [0, 0.05) is 19.0 Å². The van der Waals surface area contributed by atoms with Crippen LogP contribution in [0.25, 0.3) is 0 Å². The number of para-hydroxylation sites is 1. The molecule has 0 atom stereocenters. The zero-order valence-corrected chi connectivity index (χ0v) is 8.23. The van der Waals surface area contributed by atoms with E-state index in [0.717, 1.165) is 5.01 Å². The summed E-state index contributed by atoms with van der Waals surface area (Å²) in [5, 5.41) is 3.92. The zero-order valence-electron chi connectivity index (χ0n) is 8.23. The first-order chi connectivity index (χ1) is 6.70. The van der Waals surface area contributed by atoms with Gasteiger partial charge in [0.05, 0.1) is 11.0 Å². The Morgan fingerprint density at radius 2 is 2.07 bits per heavy atom. The Morgan fingerprint density at radius 3 is 2.64 bits per heavy atom. The highest BCUT2D eigenvalue weighted by Crippen LogP contribution is 2.20. The van der Waals surface area contributed by atoms with E-state index in [1.807, 2.05) is 0 Å². The summed E-state index contributed by atoms with van der Waals surface area (Å²) in [7, 11) is 1.52. The summed E-state index contributed by atoms with van der Waals surface area (Å²) in [4.78, 5) is 21.8. The standard InChI is InChI=1S/C10H12N2O2/c1-3-10(13)8-6-4-5-7-9(8)12(2)11-14/h4-7H,3H2,1-2H3. The van der Waals surface area contributed by atoms with Crippen LogP contribution in [0.5, 0.6) is 0 Å². The maximum absolute atomic E-state index is 11.5. The van der Waals surface area contributed by atoms with Crippen molar-refractivity contribution in [3.05, 3.63) is 34.7 Å². The Morgan fingerprint density at radius 1 is 1.43 bits per heavy atom. The molecule has 0 bridgehead atoms. The molecule has 0 amide bonds. The van der Waals surface area contributed by atoms with Crippen molar-refractivity contribution in [3.8, 4) is 0 Å². The van der Waals surface area contributed by atoms with Gasteiger partial charge in [0.1, 0.15) is 0 Å². The summed E-state index contributed by atoms with van der Waals surface area (Å²) < 4.78 is 0. The van der Waals surface area contributed by atoms with Gasteiger partial charge in [0.25, 0.3) is 0 Å². The first kappa shape index (κ1) is 10.4. The molecule has 0 saturated carbocycles. The minimum atomic E-state index is 0.0103. The predicted molar refractivity (Wildman–Crippen MR) is 55.3 cm³/mol. The first-order valence-corrected chi connectivity index (χ1v) is 4.40. The predicted octanol–water partition coefficient (Wildman–Crippen LogP) is 2.40. The molecule has 14 heavy (non-hydrogen) atoms. The van der Waals surface area contributed by atoms with Crippen molar-refractivity contribution in [1.29, 1.82) is 0 Å². The molecule has 0 aliphatic rings. The molecule has 74 valence electrons. The maximum Gasteiger partial charge on any atom is 0.164 e. The Kier molecular flexibility index (Phi) is 3.34. The zero-order chi connectivity index (χ0) is 10.6. The molecular formula is C10H12N2O2. The lowest BCUT2D eigenvalue weighted by molar-refractivity contribution is 0.0988. The third kappa shape index (κ3) is 1.96. The number of benzene rings is 1. The van der Waals surface area contributed by atoms with Gasteiger partial charge < -0.3 is 0 Å². The van der Waals surface area contributed by atoms with Crippen molar-refractivity contribution in [2.75, 3.05) is 12.1 Å². The largest absolute Gasteiger partial charge is 0.294 e. The van der Waals surface area contributed by atoms with Crippen molar-refractivity contribution in [2.24, 2.45) is 5.29 Å². The number of ketones is 1. The van der Waals surface area contributed by atoms with Crippen molar-refractivity contribution in [1.82, 2.24) is 0 Å². The van der Waals surface area contributed by atoms with Crippen LogP contribution in [0, 0.1) is 4.91 Å². The molecule has 0 N–H and O–H groups in total. The highest BCUT2D eigenvalue weighted by atomic mass is 16.3. The number of carbonyl (C=O) groups is 1. The third-order valence-electron chi connectivity index (χ3n) is 2.00. The summed E-state index contributed by atoms with van der Waals surface area (Å²) >= 11 is 0. The highest BCUT2D eigenvalue weighted by molar-refractivity contribution is 6.01. The molecule has 0 spiro atoms. The monoisotopic (exact) mass is 192 g/mol. The van der Waals surface area contributed by atoms with Gasteiger partial charge in [0.2, 0.25) is 0 Å². The van der Waals surface area contributed by atoms with Crippen LogP contribution in [0.15, 0.2) is 29.6 Å². The van der Waals surface area contributed by atoms with Crippen molar-refractivity contribution in [2.45, 2.75) is 13.3 Å². The quantitative estimate of drug-likeness (QED) is 0.418. The minimum Gasteiger partial charge on any atom is -0.294 e. The van der Waals surface area contributed by atoms with E-state index in [0.29, 0.717) is 17.7 Å². The molecule has 0 aromatic heterocycles. The maximum atomic E-state index is 11.5. The molecule has 1 aromatic carbocycles. The number of carbonyl (C=O) groups excluding carboxylic acids is 1. The van der Waals surface area contributed by atoms with E-state index in [9.17, 15) is 9.70 Å². The van der Waals surface area contributed by atoms with Crippen LogP contribution in [-0.2, 0) is 0 Å². The summed E-state index contributed by atoms with van der Waals surface area (Å²) in [6, 6.07) is 6.93. The van der Waals surface area contributed by atoms with E-state index in [4.69, 9.17) is 0 Å². The third-order valence-corrected chi connectivity index (χ3v) is 2.00. The fourth-order valence-electron chi connectivity index (χ4n) is 1.23. The van der Waals surface area contributed by atoms with Gasteiger partial charge in [-0.15, -0.1) is 4.91 Å². The van der Waals surface area contributed by atoms with Crippen LogP contribution in [0.3, 0.4) is 0 Å². The molecule has 0 saturated heterocycles. The van der Waals surface area contributed by atoms with E-state index in [2.05, 4.69) is 5.29 Å². The highest BCUT2D eigenvalue weighted by Gasteiger charge is 2.11. The van der Waals surface area contributed by atoms with Crippen molar-refractivity contribution >= 4 is 11.5 Å². The Labute approximate surface area is 82.5 Å². The van der Waals surface area contributed by atoms with Crippen LogP contribution in [0.4, 0.5) is 5.69 Å². The van der Waals surface area contributed by atoms with Crippen LogP contribution >= 0.6 is 0 Å². The van der Waals surface area contributed by atoms with E-state index >= 15 is 0 Å². The molecule has 0 aliphatic heterocycles. The van der Waals surface area contributed by atoms with Gasteiger partial charge in [-0.2, -0.15) is 0 Å². The van der Waals surface area contributed by atoms with Crippen molar-refractivity contribution in [3.63, 3.8) is 0 Å². The van der Waals surface area contributed by atoms with Crippen LogP contribution < -0.4 is 5.01 Å². The van der Waals surface area contributed by atoms with Crippen molar-refractivity contribution < 1.29 is 4.79 Å². The Hall–Kier alpha value is -1.71. The SMILES string of the molecule is CCC(=O)c1ccccc1N(C)N=O. The summed E-state index contributed by atoms with van der Waals surface area (Å²) in [5.74, 6) is 0.0103.